The Hall–Kier alpha value is -0.900. The first-order valence-corrected chi connectivity index (χ1v) is 6.80. The summed E-state index contributed by atoms with van der Waals surface area (Å²) in [6.45, 7) is 5.25. The molecular weight excluding hydrogens is 224 g/mol. The van der Waals surface area contributed by atoms with Crippen LogP contribution in [0.4, 0.5) is 0 Å². The standard InChI is InChI=1S/C15H26N2O/c1-3-18-12-11-17(2)15(13-16)10-9-14-7-5-4-6-8-14/h4-8,15H,3,9-13,16H2,1-2H3. The third kappa shape index (κ3) is 5.63. The normalized spacial score (nSPS) is 12.9. The number of aryl methyl sites for hydroxylation is 1. The van der Waals surface area contributed by atoms with Crippen molar-refractivity contribution in [1.29, 1.82) is 0 Å². The fourth-order valence-electron chi connectivity index (χ4n) is 2.03. The summed E-state index contributed by atoms with van der Waals surface area (Å²) in [6, 6.07) is 11.0. The summed E-state index contributed by atoms with van der Waals surface area (Å²) in [5.74, 6) is 0. The van der Waals surface area contributed by atoms with Crippen LogP contribution in [0.15, 0.2) is 30.3 Å². The van der Waals surface area contributed by atoms with Crippen LogP contribution in [-0.4, -0.2) is 44.3 Å². The van der Waals surface area contributed by atoms with Gasteiger partial charge in [0.2, 0.25) is 0 Å². The second-order valence-corrected chi connectivity index (χ2v) is 4.59. The lowest BCUT2D eigenvalue weighted by Gasteiger charge is -2.26. The summed E-state index contributed by atoms with van der Waals surface area (Å²) in [6.07, 6.45) is 2.19. The van der Waals surface area contributed by atoms with Crippen molar-refractivity contribution in [2.75, 3.05) is 33.4 Å². The van der Waals surface area contributed by atoms with Gasteiger partial charge in [0.25, 0.3) is 0 Å². The van der Waals surface area contributed by atoms with Gasteiger partial charge in [0, 0.05) is 25.7 Å². The molecule has 0 bridgehead atoms. The van der Waals surface area contributed by atoms with Crippen LogP contribution in [0.3, 0.4) is 0 Å². The summed E-state index contributed by atoms with van der Waals surface area (Å²) in [7, 11) is 2.13. The van der Waals surface area contributed by atoms with Crippen LogP contribution in [-0.2, 0) is 11.2 Å². The van der Waals surface area contributed by atoms with Crippen LogP contribution in [0.2, 0.25) is 0 Å². The Morgan fingerprint density at radius 1 is 1.28 bits per heavy atom. The van der Waals surface area contributed by atoms with E-state index in [0.717, 1.165) is 32.6 Å². The number of benzene rings is 1. The average molecular weight is 250 g/mol. The summed E-state index contributed by atoms with van der Waals surface area (Å²) >= 11 is 0. The molecule has 0 saturated carbocycles. The Kier molecular flexibility index (Phi) is 7.65. The van der Waals surface area contributed by atoms with E-state index in [1.165, 1.54) is 5.56 Å². The minimum atomic E-state index is 0.436. The Morgan fingerprint density at radius 3 is 2.61 bits per heavy atom. The summed E-state index contributed by atoms with van der Waals surface area (Å²) in [4.78, 5) is 2.30. The van der Waals surface area contributed by atoms with E-state index in [0.29, 0.717) is 12.6 Å². The highest BCUT2D eigenvalue weighted by atomic mass is 16.5. The molecule has 0 aromatic heterocycles. The first-order chi connectivity index (χ1) is 8.77. The van der Waals surface area contributed by atoms with E-state index >= 15 is 0 Å². The number of nitrogens with zero attached hydrogens (tertiary/aromatic N) is 1. The van der Waals surface area contributed by atoms with Crippen LogP contribution in [0.5, 0.6) is 0 Å². The number of nitrogens with two attached hydrogens (primary N) is 1. The summed E-state index contributed by atoms with van der Waals surface area (Å²) in [5, 5.41) is 0. The molecule has 0 spiro atoms. The van der Waals surface area contributed by atoms with E-state index in [1.807, 2.05) is 6.92 Å². The maximum atomic E-state index is 5.86. The van der Waals surface area contributed by atoms with E-state index in [-0.39, 0.29) is 0 Å². The molecule has 3 heteroatoms. The lowest BCUT2D eigenvalue weighted by Crippen LogP contribution is -2.40. The number of hydrogen-bond donors (Lipinski definition) is 1. The Morgan fingerprint density at radius 2 is 2.00 bits per heavy atom. The van der Waals surface area contributed by atoms with Crippen molar-refractivity contribution in [3.63, 3.8) is 0 Å². The van der Waals surface area contributed by atoms with Gasteiger partial charge < -0.3 is 10.5 Å². The van der Waals surface area contributed by atoms with Crippen molar-refractivity contribution < 1.29 is 4.74 Å². The van der Waals surface area contributed by atoms with E-state index in [4.69, 9.17) is 10.5 Å². The quantitative estimate of drug-likeness (QED) is 0.680. The van der Waals surface area contributed by atoms with E-state index < -0.39 is 0 Å². The van der Waals surface area contributed by atoms with Crippen LogP contribution in [0.25, 0.3) is 0 Å². The largest absolute Gasteiger partial charge is 0.380 e. The summed E-state index contributed by atoms with van der Waals surface area (Å²) in [5.41, 5.74) is 7.24. The number of hydrogen-bond acceptors (Lipinski definition) is 3. The van der Waals surface area contributed by atoms with Crippen molar-refractivity contribution in [3.8, 4) is 0 Å². The highest BCUT2D eigenvalue weighted by Gasteiger charge is 2.12. The number of rotatable bonds is 9. The smallest absolute Gasteiger partial charge is 0.0593 e. The van der Waals surface area contributed by atoms with Gasteiger partial charge in [0.05, 0.1) is 6.61 Å². The molecule has 0 amide bonds. The van der Waals surface area contributed by atoms with Crippen molar-refractivity contribution in [3.05, 3.63) is 35.9 Å². The van der Waals surface area contributed by atoms with Crippen LogP contribution >= 0.6 is 0 Å². The maximum absolute atomic E-state index is 5.86. The molecule has 102 valence electrons. The van der Waals surface area contributed by atoms with Gasteiger partial charge in [-0.2, -0.15) is 0 Å². The fourth-order valence-corrected chi connectivity index (χ4v) is 2.03. The molecule has 0 radical (unpaired) electrons. The first-order valence-electron chi connectivity index (χ1n) is 6.80. The molecule has 0 heterocycles. The lowest BCUT2D eigenvalue weighted by molar-refractivity contribution is 0.106. The zero-order valence-corrected chi connectivity index (χ0v) is 11.6. The highest BCUT2D eigenvalue weighted by Crippen LogP contribution is 2.08. The predicted molar refractivity (Wildman–Crippen MR) is 76.7 cm³/mol. The van der Waals surface area contributed by atoms with E-state index in [2.05, 4.69) is 42.3 Å². The molecule has 0 aliphatic carbocycles. The number of likely N-dealkylation sites (N-methyl/N-ethyl adjacent to an activating group) is 1. The van der Waals surface area contributed by atoms with Crippen molar-refractivity contribution in [1.82, 2.24) is 4.90 Å². The molecule has 1 aromatic rings. The maximum Gasteiger partial charge on any atom is 0.0593 e. The monoisotopic (exact) mass is 250 g/mol. The second kappa shape index (κ2) is 9.09. The minimum absolute atomic E-state index is 0.436. The Labute approximate surface area is 111 Å². The van der Waals surface area contributed by atoms with Crippen molar-refractivity contribution >= 4 is 0 Å². The van der Waals surface area contributed by atoms with Gasteiger partial charge in [-0.1, -0.05) is 30.3 Å². The topological polar surface area (TPSA) is 38.5 Å². The Bertz CT molecular complexity index is 303. The SMILES string of the molecule is CCOCCN(C)C(CN)CCc1ccccc1. The van der Waals surface area contributed by atoms with Gasteiger partial charge in [-0.25, -0.2) is 0 Å². The molecule has 1 aromatic carbocycles. The van der Waals surface area contributed by atoms with Gasteiger partial charge in [-0.05, 0) is 32.4 Å². The van der Waals surface area contributed by atoms with E-state index in [1.54, 1.807) is 0 Å². The third-order valence-electron chi connectivity index (χ3n) is 3.30. The molecule has 18 heavy (non-hydrogen) atoms. The van der Waals surface area contributed by atoms with Crippen molar-refractivity contribution in [2.45, 2.75) is 25.8 Å². The summed E-state index contributed by atoms with van der Waals surface area (Å²) < 4.78 is 5.38. The number of ether oxygens (including phenoxy) is 1. The van der Waals surface area contributed by atoms with Crippen LogP contribution in [0, 0.1) is 0 Å². The van der Waals surface area contributed by atoms with Gasteiger partial charge in [0.15, 0.2) is 0 Å². The zero-order valence-electron chi connectivity index (χ0n) is 11.6. The molecule has 1 rings (SSSR count). The second-order valence-electron chi connectivity index (χ2n) is 4.59. The van der Waals surface area contributed by atoms with Crippen LogP contribution in [0.1, 0.15) is 18.9 Å². The van der Waals surface area contributed by atoms with Gasteiger partial charge in [-0.15, -0.1) is 0 Å². The molecule has 0 aliphatic heterocycles. The molecular formula is C15H26N2O. The molecule has 0 saturated heterocycles. The third-order valence-corrected chi connectivity index (χ3v) is 3.30. The molecule has 0 fully saturated rings. The molecule has 3 nitrogen and oxygen atoms in total. The van der Waals surface area contributed by atoms with Gasteiger partial charge in [0.1, 0.15) is 0 Å². The minimum Gasteiger partial charge on any atom is -0.380 e. The average Bonchev–Trinajstić information content (AvgIpc) is 2.41. The Balaban J connectivity index is 2.32. The highest BCUT2D eigenvalue weighted by molar-refractivity contribution is 5.14. The van der Waals surface area contributed by atoms with Gasteiger partial charge >= 0.3 is 0 Å². The molecule has 2 N–H and O–H groups in total. The molecule has 1 atom stereocenters. The fraction of sp³-hybridized carbons (Fsp3) is 0.600. The predicted octanol–water partition coefficient (Wildman–Crippen LogP) is 1.91. The van der Waals surface area contributed by atoms with Crippen molar-refractivity contribution in [2.24, 2.45) is 5.73 Å². The molecule has 0 aliphatic rings. The van der Waals surface area contributed by atoms with E-state index in [9.17, 15) is 0 Å². The molecule has 1 unspecified atom stereocenters. The lowest BCUT2D eigenvalue weighted by atomic mass is 10.0. The van der Waals surface area contributed by atoms with Crippen LogP contribution < -0.4 is 5.73 Å². The van der Waals surface area contributed by atoms with Gasteiger partial charge in [-0.3, -0.25) is 4.90 Å². The zero-order chi connectivity index (χ0) is 13.2. The first kappa shape index (κ1) is 15.2.